The van der Waals surface area contributed by atoms with Gasteiger partial charge in [0.05, 0.1) is 16.6 Å². The summed E-state index contributed by atoms with van der Waals surface area (Å²) in [6, 6.07) is 12.7. The molecule has 35 heavy (non-hydrogen) atoms. The van der Waals surface area contributed by atoms with Crippen LogP contribution < -0.4 is 16.4 Å². The number of amides is 2. The number of carbonyl (C=O) groups excluding carboxylic acids is 1. The summed E-state index contributed by atoms with van der Waals surface area (Å²) in [5, 5.41) is 10.1. The van der Waals surface area contributed by atoms with E-state index in [1.807, 2.05) is 36.4 Å². The lowest BCUT2D eigenvalue weighted by Gasteiger charge is -2.13. The number of alkyl halides is 3. The highest BCUT2D eigenvalue weighted by molar-refractivity contribution is 6.03. The standard InChI is InChI=1S/C25H19F3N6O/c1-34-23-21(22(29)33-34)19(13-20(32-23)15-4-2-5-15)14-8-10-17(11-9-14)30-24(35)31-18-7-3-6-16(12-18)25(26,27)28/h2-13H,1H3,(H2,29,33)(H2,30,31,35). The van der Waals surface area contributed by atoms with Crippen molar-refractivity contribution in [1.29, 1.82) is 0 Å². The van der Waals surface area contributed by atoms with Crippen molar-refractivity contribution in [3.05, 3.63) is 84.1 Å². The predicted molar refractivity (Wildman–Crippen MR) is 130 cm³/mol. The molecule has 0 spiro atoms. The van der Waals surface area contributed by atoms with Crippen LogP contribution in [0.2, 0.25) is 0 Å². The summed E-state index contributed by atoms with van der Waals surface area (Å²) in [6.07, 6.45) is 1.37. The number of halogens is 3. The number of hydrogen-bond donors (Lipinski definition) is 3. The second kappa shape index (κ2) is 8.32. The summed E-state index contributed by atoms with van der Waals surface area (Å²) in [7, 11) is 1.78. The summed E-state index contributed by atoms with van der Waals surface area (Å²) in [5.41, 5.74) is 9.94. The summed E-state index contributed by atoms with van der Waals surface area (Å²) in [4.78, 5) is 17.0. The molecule has 2 amide bonds. The first-order valence-electron chi connectivity index (χ1n) is 10.6. The molecule has 0 radical (unpaired) electrons. The van der Waals surface area contributed by atoms with Gasteiger partial charge >= 0.3 is 12.2 Å². The number of nitrogens with zero attached hydrogens (tertiary/aromatic N) is 3. The number of aromatic nitrogens is 3. The molecule has 0 unspecified atom stereocenters. The van der Waals surface area contributed by atoms with E-state index in [4.69, 9.17) is 5.73 Å². The van der Waals surface area contributed by atoms with Crippen LogP contribution in [0, 0.1) is 0 Å². The fourth-order valence-corrected chi connectivity index (χ4v) is 3.82. The number of anilines is 3. The van der Waals surface area contributed by atoms with Crippen molar-refractivity contribution in [3.8, 4) is 11.1 Å². The van der Waals surface area contributed by atoms with Crippen LogP contribution in [0.25, 0.3) is 27.7 Å². The molecule has 0 bridgehead atoms. The molecule has 10 heteroatoms. The van der Waals surface area contributed by atoms with E-state index in [0.717, 1.165) is 39.9 Å². The molecule has 0 atom stereocenters. The number of pyridine rings is 1. The molecule has 2 heterocycles. The molecule has 176 valence electrons. The van der Waals surface area contributed by atoms with Crippen LogP contribution in [0.1, 0.15) is 11.3 Å². The number of carbonyl (C=O) groups is 1. The Labute approximate surface area is 197 Å². The SMILES string of the molecule is Cn1nc(N)c2c(-c3ccc(NC(=O)Nc4cccc(C(F)(F)F)c4)cc3)cc(C3=CC=C3)nc21. The smallest absolute Gasteiger partial charge is 0.382 e. The molecular formula is C25H19F3N6O. The van der Waals surface area contributed by atoms with E-state index in [1.165, 1.54) is 12.1 Å². The molecule has 0 saturated heterocycles. The number of benzene rings is 2. The second-order valence-electron chi connectivity index (χ2n) is 7.98. The summed E-state index contributed by atoms with van der Waals surface area (Å²) >= 11 is 0. The Kier molecular flexibility index (Phi) is 5.28. The van der Waals surface area contributed by atoms with Crippen molar-refractivity contribution in [2.45, 2.75) is 6.18 Å². The molecule has 4 N–H and O–H groups in total. The Morgan fingerprint density at radius 1 is 1.03 bits per heavy atom. The highest BCUT2D eigenvalue weighted by Crippen LogP contribution is 2.35. The lowest BCUT2D eigenvalue weighted by Crippen LogP contribution is -2.19. The summed E-state index contributed by atoms with van der Waals surface area (Å²) in [5.74, 6) is 0.359. The lowest BCUT2D eigenvalue weighted by molar-refractivity contribution is -0.137. The van der Waals surface area contributed by atoms with E-state index >= 15 is 0 Å². The largest absolute Gasteiger partial charge is 0.416 e. The van der Waals surface area contributed by atoms with Gasteiger partial charge in [0.1, 0.15) is 0 Å². The van der Waals surface area contributed by atoms with Crippen LogP contribution in [0.5, 0.6) is 0 Å². The fraction of sp³-hybridized carbons (Fsp3) is 0.0800. The van der Waals surface area contributed by atoms with Crippen LogP contribution in [-0.2, 0) is 13.2 Å². The molecule has 1 aliphatic carbocycles. The van der Waals surface area contributed by atoms with Crippen LogP contribution in [0.4, 0.5) is 35.2 Å². The normalized spacial score (nSPS) is 12.9. The second-order valence-corrected chi connectivity index (χ2v) is 7.98. The van der Waals surface area contributed by atoms with Gasteiger partial charge in [-0.25, -0.2) is 14.5 Å². The van der Waals surface area contributed by atoms with Crippen molar-refractivity contribution in [1.82, 2.24) is 14.8 Å². The molecular weight excluding hydrogens is 457 g/mol. The minimum absolute atomic E-state index is 0.0343. The van der Waals surface area contributed by atoms with Crippen LogP contribution in [0.15, 0.2) is 72.8 Å². The maximum absolute atomic E-state index is 12.9. The van der Waals surface area contributed by atoms with Crippen molar-refractivity contribution in [2.75, 3.05) is 16.4 Å². The Morgan fingerprint density at radius 2 is 1.74 bits per heavy atom. The number of urea groups is 1. The van der Waals surface area contributed by atoms with Crippen molar-refractivity contribution in [3.63, 3.8) is 0 Å². The third-order valence-corrected chi connectivity index (χ3v) is 5.57. The maximum Gasteiger partial charge on any atom is 0.416 e. The molecule has 0 aliphatic heterocycles. The topological polar surface area (TPSA) is 97.9 Å². The van der Waals surface area contributed by atoms with E-state index in [0.29, 0.717) is 17.2 Å². The third kappa shape index (κ3) is 4.33. The molecule has 0 saturated carbocycles. The number of aryl methyl sites for hydroxylation is 1. The molecule has 4 aromatic rings. The summed E-state index contributed by atoms with van der Waals surface area (Å²) in [6.45, 7) is 0. The minimum atomic E-state index is -4.49. The van der Waals surface area contributed by atoms with Gasteiger partial charge in [0, 0.05) is 24.0 Å². The van der Waals surface area contributed by atoms with Crippen molar-refractivity contribution >= 4 is 39.8 Å². The average molecular weight is 476 g/mol. The average Bonchev–Trinajstić information content (AvgIpc) is 3.05. The van der Waals surface area contributed by atoms with Gasteiger partial charge in [-0.2, -0.15) is 18.3 Å². The zero-order chi connectivity index (χ0) is 24.7. The first kappa shape index (κ1) is 22.2. The Bertz CT molecular complexity index is 1520. The van der Waals surface area contributed by atoms with E-state index in [2.05, 4.69) is 20.7 Å². The van der Waals surface area contributed by atoms with E-state index in [1.54, 1.807) is 23.9 Å². The minimum Gasteiger partial charge on any atom is -0.382 e. The number of allylic oxidation sites excluding steroid dienone is 4. The molecule has 2 aromatic heterocycles. The maximum atomic E-state index is 12.9. The molecule has 0 fully saturated rings. The highest BCUT2D eigenvalue weighted by atomic mass is 19.4. The van der Waals surface area contributed by atoms with Crippen molar-refractivity contribution < 1.29 is 18.0 Å². The zero-order valence-electron chi connectivity index (χ0n) is 18.4. The van der Waals surface area contributed by atoms with Gasteiger partial charge in [-0.1, -0.05) is 36.4 Å². The molecule has 1 aliphatic rings. The number of fused-ring (bicyclic) bond motifs is 1. The third-order valence-electron chi connectivity index (χ3n) is 5.57. The van der Waals surface area contributed by atoms with Gasteiger partial charge in [-0.15, -0.1) is 0 Å². The number of nitrogens with two attached hydrogens (primary N) is 1. The van der Waals surface area contributed by atoms with Crippen LogP contribution in [0.3, 0.4) is 0 Å². The van der Waals surface area contributed by atoms with Crippen molar-refractivity contribution in [2.24, 2.45) is 7.05 Å². The van der Waals surface area contributed by atoms with E-state index < -0.39 is 17.8 Å². The Morgan fingerprint density at radius 3 is 2.40 bits per heavy atom. The number of nitrogens with one attached hydrogen (secondary N) is 2. The lowest BCUT2D eigenvalue weighted by atomic mass is 9.97. The van der Waals surface area contributed by atoms with Crippen LogP contribution in [-0.4, -0.2) is 20.8 Å². The van der Waals surface area contributed by atoms with Gasteiger partial charge in [-0.3, -0.25) is 0 Å². The molecule has 2 aromatic carbocycles. The van der Waals surface area contributed by atoms with Gasteiger partial charge in [-0.05, 0) is 47.5 Å². The quantitative estimate of drug-likeness (QED) is 0.345. The van der Waals surface area contributed by atoms with Gasteiger partial charge in [0.2, 0.25) is 0 Å². The Balaban J connectivity index is 1.38. The van der Waals surface area contributed by atoms with Gasteiger partial charge < -0.3 is 16.4 Å². The summed E-state index contributed by atoms with van der Waals surface area (Å²) < 4.78 is 40.3. The number of rotatable bonds is 4. The molecule has 5 rings (SSSR count). The highest BCUT2D eigenvalue weighted by Gasteiger charge is 2.30. The Hall–Kier alpha value is -4.60. The predicted octanol–water partition coefficient (Wildman–Crippen LogP) is 5.83. The first-order valence-corrected chi connectivity index (χ1v) is 10.6. The fourth-order valence-electron chi connectivity index (χ4n) is 3.82. The van der Waals surface area contributed by atoms with Gasteiger partial charge in [0.25, 0.3) is 0 Å². The monoisotopic (exact) mass is 476 g/mol. The zero-order valence-corrected chi connectivity index (χ0v) is 18.4. The van der Waals surface area contributed by atoms with E-state index in [9.17, 15) is 18.0 Å². The van der Waals surface area contributed by atoms with Crippen LogP contribution >= 0.6 is 0 Å². The molecule has 7 nitrogen and oxygen atoms in total. The van der Waals surface area contributed by atoms with E-state index in [-0.39, 0.29) is 5.69 Å². The van der Waals surface area contributed by atoms with Gasteiger partial charge in [0.15, 0.2) is 11.5 Å². The first-order chi connectivity index (χ1) is 16.7. The number of nitrogen functional groups attached to an aromatic ring is 1. The number of hydrogen-bond acceptors (Lipinski definition) is 4.